The van der Waals surface area contributed by atoms with Gasteiger partial charge in [-0.3, -0.25) is 9.69 Å². The minimum atomic E-state index is 0.0257. The molecular formula is C6H7N3OS. The number of amides is 1. The van der Waals surface area contributed by atoms with E-state index in [-0.39, 0.29) is 5.91 Å². The zero-order valence-corrected chi connectivity index (χ0v) is 6.89. The van der Waals surface area contributed by atoms with Crippen LogP contribution < -0.4 is 0 Å². The maximum atomic E-state index is 11.0. The number of amidine groups is 1. The normalized spacial score (nSPS) is 22.0. The number of nitriles is 1. The molecule has 0 aliphatic carbocycles. The molecule has 58 valence electrons. The summed E-state index contributed by atoms with van der Waals surface area (Å²) in [5.41, 5.74) is 0. The summed E-state index contributed by atoms with van der Waals surface area (Å²) < 4.78 is 0. The molecule has 1 fully saturated rings. The fourth-order valence-corrected chi connectivity index (χ4v) is 1.61. The van der Waals surface area contributed by atoms with Crippen molar-refractivity contribution in [2.75, 3.05) is 12.8 Å². The summed E-state index contributed by atoms with van der Waals surface area (Å²) in [6.45, 7) is 0. The molecule has 0 N–H and O–H groups in total. The van der Waals surface area contributed by atoms with E-state index < -0.39 is 0 Å². The molecule has 1 rings (SSSR count). The van der Waals surface area contributed by atoms with Gasteiger partial charge < -0.3 is 0 Å². The average Bonchev–Trinajstić information content (AvgIpc) is 1.99. The fraction of sp³-hybridized carbons (Fsp3) is 0.500. The summed E-state index contributed by atoms with van der Waals surface area (Å²) in [5, 5.41) is 8.74. The van der Waals surface area contributed by atoms with E-state index in [9.17, 15) is 4.79 Å². The third-order valence-electron chi connectivity index (χ3n) is 1.35. The van der Waals surface area contributed by atoms with Crippen LogP contribution in [0.1, 0.15) is 6.42 Å². The van der Waals surface area contributed by atoms with Crippen LogP contribution in [0.5, 0.6) is 0 Å². The minimum absolute atomic E-state index is 0.0257. The summed E-state index contributed by atoms with van der Waals surface area (Å²) in [6, 6.07) is 0. The van der Waals surface area contributed by atoms with Gasteiger partial charge in [0.2, 0.25) is 12.1 Å². The van der Waals surface area contributed by atoms with Crippen LogP contribution in [-0.4, -0.2) is 28.8 Å². The van der Waals surface area contributed by atoms with E-state index in [2.05, 4.69) is 4.99 Å². The number of aliphatic imine (C=N–C) groups is 1. The summed E-state index contributed by atoms with van der Waals surface area (Å²) >= 11 is 1.43. The molecule has 0 saturated carbocycles. The van der Waals surface area contributed by atoms with Crippen molar-refractivity contribution >= 4 is 22.8 Å². The Bertz CT molecular complexity index is 243. The number of hydrogen-bond acceptors (Lipinski definition) is 4. The third kappa shape index (κ3) is 1.71. The first-order valence-corrected chi connectivity index (χ1v) is 4.10. The third-order valence-corrected chi connectivity index (χ3v) is 2.39. The second-order valence-corrected chi connectivity index (χ2v) is 3.11. The number of carbonyl (C=O) groups excluding carboxylic acids is 1. The Morgan fingerprint density at radius 2 is 2.55 bits per heavy atom. The number of thioether (sulfide) groups is 1. The van der Waals surface area contributed by atoms with Crippen molar-refractivity contribution in [1.29, 1.82) is 5.26 Å². The molecular weight excluding hydrogens is 162 g/mol. The van der Waals surface area contributed by atoms with Crippen LogP contribution in [0.25, 0.3) is 0 Å². The molecule has 1 heterocycles. The highest BCUT2D eigenvalue weighted by molar-refractivity contribution is 8.14. The highest BCUT2D eigenvalue weighted by Gasteiger charge is 2.20. The van der Waals surface area contributed by atoms with Gasteiger partial charge >= 0.3 is 0 Å². The highest BCUT2D eigenvalue weighted by atomic mass is 32.2. The van der Waals surface area contributed by atoms with Gasteiger partial charge in [0.1, 0.15) is 0 Å². The van der Waals surface area contributed by atoms with Crippen molar-refractivity contribution < 1.29 is 4.79 Å². The van der Waals surface area contributed by atoms with Gasteiger partial charge in [-0.25, -0.2) is 0 Å². The highest BCUT2D eigenvalue weighted by Crippen LogP contribution is 2.16. The summed E-state index contributed by atoms with van der Waals surface area (Å²) in [7, 11) is 1.63. The second-order valence-electron chi connectivity index (χ2n) is 2.05. The number of nitrogens with zero attached hydrogens (tertiary/aromatic N) is 3. The Morgan fingerprint density at radius 3 is 3.18 bits per heavy atom. The molecule has 0 atom stereocenters. The lowest BCUT2D eigenvalue weighted by molar-refractivity contribution is -0.126. The second kappa shape index (κ2) is 3.39. The summed E-state index contributed by atoms with van der Waals surface area (Å²) in [6.07, 6.45) is 2.19. The Balaban J connectivity index is 2.75. The average molecular weight is 169 g/mol. The lowest BCUT2D eigenvalue weighted by atomic mass is 10.4. The number of carbonyl (C=O) groups is 1. The van der Waals surface area contributed by atoms with Gasteiger partial charge in [-0.15, -0.1) is 4.99 Å². The van der Waals surface area contributed by atoms with E-state index in [1.54, 1.807) is 13.2 Å². The molecule has 0 aromatic rings. The number of rotatable bonds is 0. The van der Waals surface area contributed by atoms with E-state index >= 15 is 0 Å². The zero-order valence-electron chi connectivity index (χ0n) is 6.07. The molecule has 0 spiro atoms. The van der Waals surface area contributed by atoms with Crippen molar-refractivity contribution in [2.45, 2.75) is 6.42 Å². The van der Waals surface area contributed by atoms with Gasteiger partial charge in [0.15, 0.2) is 5.17 Å². The van der Waals surface area contributed by atoms with Crippen LogP contribution in [0.4, 0.5) is 0 Å². The SMILES string of the molecule is CN1C(=O)CCSC1=NC#N. The van der Waals surface area contributed by atoms with Crippen molar-refractivity contribution in [3.8, 4) is 6.19 Å². The quantitative estimate of drug-likeness (QED) is 0.494. The van der Waals surface area contributed by atoms with E-state index in [0.29, 0.717) is 11.6 Å². The van der Waals surface area contributed by atoms with Gasteiger partial charge in [0.05, 0.1) is 0 Å². The molecule has 1 saturated heterocycles. The maximum absolute atomic E-state index is 11.0. The van der Waals surface area contributed by atoms with E-state index in [0.717, 1.165) is 5.75 Å². The molecule has 0 aromatic carbocycles. The van der Waals surface area contributed by atoms with E-state index in [1.165, 1.54) is 16.7 Å². The van der Waals surface area contributed by atoms with Gasteiger partial charge in [-0.05, 0) is 0 Å². The van der Waals surface area contributed by atoms with Crippen molar-refractivity contribution in [3.05, 3.63) is 0 Å². The van der Waals surface area contributed by atoms with E-state index in [1.807, 2.05) is 0 Å². The predicted octanol–water partition coefficient (Wildman–Crippen LogP) is 0.419. The molecule has 11 heavy (non-hydrogen) atoms. The first-order chi connectivity index (χ1) is 5.25. The summed E-state index contributed by atoms with van der Waals surface area (Å²) in [4.78, 5) is 15.9. The van der Waals surface area contributed by atoms with Gasteiger partial charge in [0, 0.05) is 19.2 Å². The van der Waals surface area contributed by atoms with Gasteiger partial charge in [-0.2, -0.15) is 5.26 Å². The van der Waals surface area contributed by atoms with E-state index in [4.69, 9.17) is 5.26 Å². The van der Waals surface area contributed by atoms with Crippen LogP contribution in [0.15, 0.2) is 4.99 Å². The molecule has 1 aliphatic heterocycles. The van der Waals surface area contributed by atoms with Crippen molar-refractivity contribution in [2.24, 2.45) is 4.99 Å². The first kappa shape index (κ1) is 8.08. The monoisotopic (exact) mass is 169 g/mol. The minimum Gasteiger partial charge on any atom is -0.294 e. The Labute approximate surface area is 68.9 Å². The largest absolute Gasteiger partial charge is 0.294 e. The smallest absolute Gasteiger partial charge is 0.229 e. The van der Waals surface area contributed by atoms with Crippen molar-refractivity contribution in [1.82, 2.24) is 4.90 Å². The van der Waals surface area contributed by atoms with Crippen LogP contribution >= 0.6 is 11.8 Å². The molecule has 4 nitrogen and oxygen atoms in total. The molecule has 0 radical (unpaired) electrons. The molecule has 5 heteroatoms. The van der Waals surface area contributed by atoms with Crippen LogP contribution in [-0.2, 0) is 4.79 Å². The molecule has 0 aromatic heterocycles. The maximum Gasteiger partial charge on any atom is 0.229 e. The lowest BCUT2D eigenvalue weighted by Crippen LogP contribution is -2.35. The topological polar surface area (TPSA) is 56.5 Å². The Morgan fingerprint density at radius 1 is 1.82 bits per heavy atom. The molecule has 0 bridgehead atoms. The predicted molar refractivity (Wildman–Crippen MR) is 42.9 cm³/mol. The van der Waals surface area contributed by atoms with Gasteiger partial charge in [0.25, 0.3) is 0 Å². The van der Waals surface area contributed by atoms with Crippen molar-refractivity contribution in [3.63, 3.8) is 0 Å². The van der Waals surface area contributed by atoms with Crippen LogP contribution in [0, 0.1) is 11.5 Å². The summed E-state index contributed by atoms with van der Waals surface area (Å²) in [5.74, 6) is 0.752. The first-order valence-electron chi connectivity index (χ1n) is 3.12. The standard InChI is InChI=1S/C6H7N3OS/c1-9-5(10)2-3-11-6(9)8-4-7/h2-3H2,1H3. The zero-order chi connectivity index (χ0) is 8.27. The molecule has 1 amide bonds. The van der Waals surface area contributed by atoms with Gasteiger partial charge in [-0.1, -0.05) is 11.8 Å². The van der Waals surface area contributed by atoms with Crippen LogP contribution in [0.3, 0.4) is 0 Å². The van der Waals surface area contributed by atoms with Crippen LogP contribution in [0.2, 0.25) is 0 Å². The number of hydrogen-bond donors (Lipinski definition) is 0. The fourth-order valence-electron chi connectivity index (χ4n) is 0.751. The Kier molecular flexibility index (Phi) is 2.49. The molecule has 1 aliphatic rings. The Hall–Kier alpha value is -1.02. The lowest BCUT2D eigenvalue weighted by Gasteiger charge is -2.21. The molecule has 0 unspecified atom stereocenters.